The van der Waals surface area contributed by atoms with Crippen LogP contribution in [-0.4, -0.2) is 21.5 Å². The van der Waals surface area contributed by atoms with Gasteiger partial charge in [-0.1, -0.05) is 17.7 Å². The maximum atomic E-state index is 13.4. The minimum atomic E-state index is -0.599. The number of fused-ring (bicyclic) bond motifs is 1. The van der Waals surface area contributed by atoms with E-state index in [-0.39, 0.29) is 23.9 Å². The zero-order valence-electron chi connectivity index (χ0n) is 15.9. The molecule has 0 fully saturated rings. The van der Waals surface area contributed by atoms with E-state index >= 15 is 0 Å². The first-order chi connectivity index (χ1) is 13.3. The van der Waals surface area contributed by atoms with Gasteiger partial charge in [-0.25, -0.2) is 9.07 Å². The van der Waals surface area contributed by atoms with E-state index in [1.165, 1.54) is 12.1 Å². The van der Waals surface area contributed by atoms with Gasteiger partial charge in [0, 0.05) is 17.5 Å². The third kappa shape index (κ3) is 3.01. The maximum absolute atomic E-state index is 13.4. The lowest BCUT2D eigenvalue weighted by atomic mass is 9.84. The summed E-state index contributed by atoms with van der Waals surface area (Å²) in [5.41, 5.74) is 4.50. The van der Waals surface area contributed by atoms with Crippen LogP contribution >= 0.6 is 0 Å². The van der Waals surface area contributed by atoms with Gasteiger partial charge in [0.2, 0.25) is 5.91 Å². The largest absolute Gasteiger partial charge is 0.310 e. The molecule has 1 aromatic heterocycles. The minimum absolute atomic E-state index is 0.0785. The molecule has 6 heteroatoms. The lowest BCUT2D eigenvalue weighted by Crippen LogP contribution is -2.28. The molecule has 1 unspecified atom stereocenters. The normalized spacial score (nSPS) is 15.9. The number of rotatable bonds is 3. The van der Waals surface area contributed by atoms with Gasteiger partial charge in [0.15, 0.2) is 5.78 Å². The van der Waals surface area contributed by atoms with Gasteiger partial charge < -0.3 is 5.32 Å². The molecule has 4 rings (SSSR count). The van der Waals surface area contributed by atoms with Crippen molar-refractivity contribution < 1.29 is 14.0 Å². The molecule has 1 atom stereocenters. The predicted molar refractivity (Wildman–Crippen MR) is 104 cm³/mol. The molecule has 5 nitrogen and oxygen atoms in total. The summed E-state index contributed by atoms with van der Waals surface area (Å²) in [7, 11) is 0. The van der Waals surface area contributed by atoms with Crippen LogP contribution in [-0.2, 0) is 4.79 Å². The summed E-state index contributed by atoms with van der Waals surface area (Å²) in [6.07, 6.45) is 0.0785. The Morgan fingerprint density at radius 2 is 1.86 bits per heavy atom. The van der Waals surface area contributed by atoms with Gasteiger partial charge in [0.25, 0.3) is 0 Å². The van der Waals surface area contributed by atoms with Gasteiger partial charge in [0.1, 0.15) is 11.6 Å². The average molecular weight is 377 g/mol. The number of Topliss-reactive ketones (excluding diaryl/α,β-unsaturated/α-hetero) is 1. The number of hydrogen-bond acceptors (Lipinski definition) is 3. The van der Waals surface area contributed by atoms with Crippen LogP contribution in [0.15, 0.2) is 42.5 Å². The van der Waals surface area contributed by atoms with E-state index in [0.29, 0.717) is 22.8 Å². The number of amides is 1. The highest BCUT2D eigenvalue weighted by Gasteiger charge is 2.36. The maximum Gasteiger partial charge on any atom is 0.226 e. The van der Waals surface area contributed by atoms with Crippen LogP contribution in [0.2, 0.25) is 0 Å². The number of hydrogen-bond donors (Lipinski definition) is 1. The SMILES string of the molecule is Cc1ccc(C)c(C(=O)C2CC(=O)Nc3c2c(C)nn3-c2ccc(F)cc2)c1. The molecule has 1 amide bonds. The molecule has 0 aliphatic carbocycles. The van der Waals surface area contributed by atoms with Gasteiger partial charge in [-0.2, -0.15) is 5.10 Å². The summed E-state index contributed by atoms with van der Waals surface area (Å²) in [6.45, 7) is 5.65. The molecule has 0 saturated heterocycles. The van der Waals surface area contributed by atoms with E-state index in [0.717, 1.165) is 16.7 Å². The van der Waals surface area contributed by atoms with E-state index in [1.54, 1.807) is 16.8 Å². The van der Waals surface area contributed by atoms with Crippen LogP contribution < -0.4 is 5.32 Å². The molecule has 0 spiro atoms. The fourth-order valence-corrected chi connectivity index (χ4v) is 3.73. The highest BCUT2D eigenvalue weighted by Crippen LogP contribution is 2.38. The van der Waals surface area contributed by atoms with E-state index in [9.17, 15) is 14.0 Å². The Balaban J connectivity index is 1.83. The standard InChI is InChI=1S/C22H20FN3O2/c1-12-4-5-13(2)17(10-12)21(28)18-11-19(27)24-22-20(18)14(3)25-26(22)16-8-6-15(23)7-9-16/h4-10,18H,11H2,1-3H3,(H,24,27). The fourth-order valence-electron chi connectivity index (χ4n) is 3.73. The lowest BCUT2D eigenvalue weighted by Gasteiger charge is -2.24. The van der Waals surface area contributed by atoms with Crippen LogP contribution in [0.4, 0.5) is 10.2 Å². The summed E-state index contributed by atoms with van der Waals surface area (Å²) >= 11 is 0. The van der Waals surface area contributed by atoms with E-state index in [2.05, 4.69) is 10.4 Å². The van der Waals surface area contributed by atoms with Crippen molar-refractivity contribution in [1.82, 2.24) is 9.78 Å². The number of halogens is 1. The third-order valence-electron chi connectivity index (χ3n) is 5.15. The van der Waals surface area contributed by atoms with E-state index < -0.39 is 5.92 Å². The summed E-state index contributed by atoms with van der Waals surface area (Å²) in [6, 6.07) is 11.6. The third-order valence-corrected chi connectivity index (χ3v) is 5.15. The molecule has 0 radical (unpaired) electrons. The molecule has 1 aliphatic heterocycles. The second-order valence-electron chi connectivity index (χ2n) is 7.22. The highest BCUT2D eigenvalue weighted by atomic mass is 19.1. The van der Waals surface area contributed by atoms with E-state index in [1.807, 2.05) is 39.0 Å². The summed E-state index contributed by atoms with van der Waals surface area (Å²) < 4.78 is 14.9. The van der Waals surface area contributed by atoms with Crippen molar-refractivity contribution in [3.05, 3.63) is 76.2 Å². The van der Waals surface area contributed by atoms with Gasteiger partial charge in [0.05, 0.1) is 17.3 Å². The number of aromatic nitrogens is 2. The van der Waals surface area contributed by atoms with Crippen LogP contribution in [0.5, 0.6) is 0 Å². The number of carbonyl (C=O) groups is 2. The molecule has 0 bridgehead atoms. The van der Waals surface area contributed by atoms with Gasteiger partial charge >= 0.3 is 0 Å². The lowest BCUT2D eigenvalue weighted by molar-refractivity contribution is -0.116. The van der Waals surface area contributed by atoms with E-state index in [4.69, 9.17) is 0 Å². The topological polar surface area (TPSA) is 64.0 Å². The van der Waals surface area contributed by atoms with Crippen molar-refractivity contribution in [2.75, 3.05) is 5.32 Å². The molecular weight excluding hydrogens is 357 g/mol. The Hall–Kier alpha value is -3.28. The first-order valence-corrected chi connectivity index (χ1v) is 9.12. The Bertz CT molecular complexity index is 1100. The second kappa shape index (κ2) is 6.71. The van der Waals surface area contributed by atoms with Crippen molar-refractivity contribution >= 4 is 17.5 Å². The monoisotopic (exact) mass is 377 g/mol. The summed E-state index contributed by atoms with van der Waals surface area (Å²) in [5, 5.41) is 7.36. The number of benzene rings is 2. The molecule has 28 heavy (non-hydrogen) atoms. The number of aryl methyl sites for hydroxylation is 3. The first kappa shape index (κ1) is 18.1. The van der Waals surface area contributed by atoms with Gasteiger partial charge in [-0.3, -0.25) is 9.59 Å². The summed E-state index contributed by atoms with van der Waals surface area (Å²) in [5.74, 6) is -0.797. The number of nitrogens with one attached hydrogen (secondary N) is 1. The van der Waals surface area contributed by atoms with Gasteiger partial charge in [-0.15, -0.1) is 0 Å². The molecule has 0 saturated carbocycles. The van der Waals surface area contributed by atoms with Crippen LogP contribution in [0, 0.1) is 26.6 Å². The first-order valence-electron chi connectivity index (χ1n) is 9.12. The van der Waals surface area contributed by atoms with Crippen LogP contribution in [0.1, 0.15) is 45.1 Å². The van der Waals surface area contributed by atoms with Crippen molar-refractivity contribution in [3.63, 3.8) is 0 Å². The Morgan fingerprint density at radius 1 is 1.14 bits per heavy atom. The number of ketones is 1. The number of carbonyl (C=O) groups excluding carboxylic acids is 2. The van der Waals surface area contributed by atoms with Crippen molar-refractivity contribution in [2.45, 2.75) is 33.1 Å². The van der Waals surface area contributed by atoms with Gasteiger partial charge in [-0.05, 0) is 56.7 Å². The Labute approximate surface area is 162 Å². The fraction of sp³-hybridized carbons (Fsp3) is 0.227. The molecule has 2 aromatic carbocycles. The number of anilines is 1. The van der Waals surface area contributed by atoms with Crippen molar-refractivity contribution in [2.24, 2.45) is 0 Å². The van der Waals surface area contributed by atoms with Crippen LogP contribution in [0.25, 0.3) is 5.69 Å². The van der Waals surface area contributed by atoms with Crippen molar-refractivity contribution in [3.8, 4) is 5.69 Å². The van der Waals surface area contributed by atoms with Crippen LogP contribution in [0.3, 0.4) is 0 Å². The molecule has 2 heterocycles. The van der Waals surface area contributed by atoms with Crippen molar-refractivity contribution in [1.29, 1.82) is 0 Å². The molecule has 1 aliphatic rings. The molecular formula is C22H20FN3O2. The second-order valence-corrected chi connectivity index (χ2v) is 7.22. The zero-order chi connectivity index (χ0) is 20.0. The average Bonchev–Trinajstić information content (AvgIpc) is 2.99. The minimum Gasteiger partial charge on any atom is -0.310 e. The molecule has 3 aromatic rings. The number of nitrogens with zero attached hydrogens (tertiary/aromatic N) is 2. The molecule has 1 N–H and O–H groups in total. The Kier molecular flexibility index (Phi) is 4.34. The Morgan fingerprint density at radius 3 is 2.57 bits per heavy atom. The quantitative estimate of drug-likeness (QED) is 0.694. The molecule has 142 valence electrons. The predicted octanol–water partition coefficient (Wildman–Crippen LogP) is 4.25. The smallest absolute Gasteiger partial charge is 0.226 e. The zero-order valence-corrected chi connectivity index (χ0v) is 15.9. The highest BCUT2D eigenvalue weighted by molar-refractivity contribution is 6.08. The summed E-state index contributed by atoms with van der Waals surface area (Å²) in [4.78, 5) is 25.8.